The summed E-state index contributed by atoms with van der Waals surface area (Å²) in [6.07, 6.45) is 3.84. The molecule has 0 radical (unpaired) electrons. The molecule has 0 spiro atoms. The second-order valence-electron chi connectivity index (χ2n) is 5.40. The van der Waals surface area contributed by atoms with E-state index in [2.05, 4.69) is 30.3 Å². The Kier molecular flexibility index (Phi) is 4.61. The van der Waals surface area contributed by atoms with E-state index in [9.17, 15) is 0 Å². The van der Waals surface area contributed by atoms with Crippen molar-refractivity contribution in [2.24, 2.45) is 5.73 Å². The highest BCUT2D eigenvalue weighted by atomic mass is 16.7. The van der Waals surface area contributed by atoms with Crippen molar-refractivity contribution in [2.45, 2.75) is 43.8 Å². The van der Waals surface area contributed by atoms with Crippen LogP contribution in [0.25, 0.3) is 0 Å². The normalized spacial score (nSPS) is 31.3. The third-order valence-corrected chi connectivity index (χ3v) is 4.53. The van der Waals surface area contributed by atoms with E-state index in [0.717, 1.165) is 25.7 Å². The third-order valence-electron chi connectivity index (χ3n) is 4.53. The molecule has 0 unspecified atom stereocenters. The molecule has 1 aliphatic rings. The maximum absolute atomic E-state index is 6.09. The second-order valence-corrected chi connectivity index (χ2v) is 5.40. The molecule has 3 nitrogen and oxygen atoms in total. The lowest BCUT2D eigenvalue weighted by molar-refractivity contribution is -0.241. The fourth-order valence-electron chi connectivity index (χ4n) is 3.18. The Bertz CT molecular complexity index is 383. The van der Waals surface area contributed by atoms with Gasteiger partial charge in [-0.1, -0.05) is 30.3 Å². The molecule has 0 saturated heterocycles. The minimum Gasteiger partial charge on any atom is -0.353 e. The van der Waals surface area contributed by atoms with E-state index in [1.165, 1.54) is 5.56 Å². The predicted octanol–water partition coefficient (Wildman–Crippen LogP) is 2.84. The number of benzene rings is 1. The Morgan fingerprint density at radius 1 is 1.11 bits per heavy atom. The van der Waals surface area contributed by atoms with Crippen LogP contribution in [-0.4, -0.2) is 26.0 Å². The molecule has 2 rings (SSSR count). The summed E-state index contributed by atoms with van der Waals surface area (Å²) in [7, 11) is 1.74. The Morgan fingerprint density at radius 2 is 1.74 bits per heavy atom. The summed E-state index contributed by atoms with van der Waals surface area (Å²) >= 11 is 0. The molecule has 0 bridgehead atoms. The van der Waals surface area contributed by atoms with Crippen molar-refractivity contribution in [3.63, 3.8) is 0 Å². The lowest BCUT2D eigenvalue weighted by Gasteiger charge is -2.45. The molecule has 0 aliphatic heterocycles. The quantitative estimate of drug-likeness (QED) is 0.831. The van der Waals surface area contributed by atoms with Gasteiger partial charge >= 0.3 is 0 Å². The van der Waals surface area contributed by atoms with Crippen LogP contribution in [-0.2, 0) is 14.9 Å². The average molecular weight is 263 g/mol. The van der Waals surface area contributed by atoms with Gasteiger partial charge in [0.25, 0.3) is 0 Å². The molecule has 0 amide bonds. The van der Waals surface area contributed by atoms with E-state index in [1.807, 2.05) is 6.92 Å². The summed E-state index contributed by atoms with van der Waals surface area (Å²) in [6.45, 7) is 3.39. The molecular formula is C16H25NO2. The van der Waals surface area contributed by atoms with Gasteiger partial charge in [-0.3, -0.25) is 0 Å². The van der Waals surface area contributed by atoms with Crippen molar-refractivity contribution in [3.8, 4) is 0 Å². The first kappa shape index (κ1) is 14.5. The van der Waals surface area contributed by atoms with Crippen LogP contribution in [0.5, 0.6) is 0 Å². The second kappa shape index (κ2) is 6.04. The van der Waals surface area contributed by atoms with Gasteiger partial charge in [0.2, 0.25) is 0 Å². The van der Waals surface area contributed by atoms with Crippen LogP contribution < -0.4 is 5.73 Å². The lowest BCUT2D eigenvalue weighted by atomic mass is 9.68. The zero-order chi connectivity index (χ0) is 13.8. The predicted molar refractivity (Wildman–Crippen MR) is 77.0 cm³/mol. The first-order valence-electron chi connectivity index (χ1n) is 7.15. The highest BCUT2D eigenvalue weighted by Gasteiger charge is 2.43. The van der Waals surface area contributed by atoms with E-state index in [-0.39, 0.29) is 5.41 Å². The van der Waals surface area contributed by atoms with Gasteiger partial charge in [0, 0.05) is 38.5 Å². The van der Waals surface area contributed by atoms with Crippen LogP contribution in [0.3, 0.4) is 0 Å². The fourth-order valence-corrected chi connectivity index (χ4v) is 3.18. The minimum atomic E-state index is -0.401. The maximum Gasteiger partial charge on any atom is 0.167 e. The zero-order valence-corrected chi connectivity index (χ0v) is 12.0. The molecule has 0 heterocycles. The molecule has 1 fully saturated rings. The number of hydrogen-bond acceptors (Lipinski definition) is 3. The summed E-state index contributed by atoms with van der Waals surface area (Å²) in [4.78, 5) is 0. The monoisotopic (exact) mass is 263 g/mol. The van der Waals surface area contributed by atoms with E-state index in [1.54, 1.807) is 7.11 Å². The highest BCUT2D eigenvalue weighted by Crippen LogP contribution is 2.44. The first-order valence-corrected chi connectivity index (χ1v) is 7.15. The molecule has 0 aromatic heterocycles. The van der Waals surface area contributed by atoms with E-state index in [0.29, 0.717) is 13.2 Å². The highest BCUT2D eigenvalue weighted by molar-refractivity contribution is 5.27. The van der Waals surface area contributed by atoms with Gasteiger partial charge in [-0.05, 0) is 25.3 Å². The van der Waals surface area contributed by atoms with Crippen LogP contribution in [0.4, 0.5) is 0 Å². The van der Waals surface area contributed by atoms with Crippen LogP contribution in [0, 0.1) is 0 Å². The molecule has 106 valence electrons. The van der Waals surface area contributed by atoms with Gasteiger partial charge < -0.3 is 15.2 Å². The van der Waals surface area contributed by atoms with E-state index < -0.39 is 5.79 Å². The molecule has 19 heavy (non-hydrogen) atoms. The minimum absolute atomic E-state index is 0.0837. The molecule has 1 saturated carbocycles. The van der Waals surface area contributed by atoms with Gasteiger partial charge in [-0.25, -0.2) is 0 Å². The lowest BCUT2D eigenvalue weighted by Crippen LogP contribution is -2.47. The smallest absolute Gasteiger partial charge is 0.167 e. The molecule has 1 aromatic carbocycles. The Morgan fingerprint density at radius 3 is 2.21 bits per heavy atom. The van der Waals surface area contributed by atoms with Crippen LogP contribution in [0.15, 0.2) is 30.3 Å². The van der Waals surface area contributed by atoms with Crippen LogP contribution in [0.2, 0.25) is 0 Å². The van der Waals surface area contributed by atoms with Crippen molar-refractivity contribution in [1.82, 2.24) is 0 Å². The Balaban J connectivity index is 2.16. The van der Waals surface area contributed by atoms with Crippen molar-refractivity contribution < 1.29 is 9.47 Å². The van der Waals surface area contributed by atoms with Gasteiger partial charge in [-0.2, -0.15) is 0 Å². The summed E-state index contributed by atoms with van der Waals surface area (Å²) in [6, 6.07) is 10.6. The molecule has 1 aliphatic carbocycles. The van der Waals surface area contributed by atoms with Crippen molar-refractivity contribution in [1.29, 1.82) is 0 Å². The summed E-state index contributed by atoms with van der Waals surface area (Å²) in [5, 5.41) is 0. The largest absolute Gasteiger partial charge is 0.353 e. The molecule has 1 aromatic rings. The molecular weight excluding hydrogens is 238 g/mol. The third kappa shape index (κ3) is 2.83. The van der Waals surface area contributed by atoms with Gasteiger partial charge in [0.1, 0.15) is 0 Å². The standard InChI is InChI=1S/C16H25NO2/c1-3-19-16(18-2)11-9-15(13-17,10-12-16)14-7-5-4-6-8-14/h4-8H,3,9-13,17H2,1-2H3. The fraction of sp³-hybridized carbons (Fsp3) is 0.625. The summed E-state index contributed by atoms with van der Waals surface area (Å²) in [5.74, 6) is -0.401. The van der Waals surface area contributed by atoms with Gasteiger partial charge in [0.15, 0.2) is 5.79 Å². The van der Waals surface area contributed by atoms with Crippen molar-refractivity contribution in [2.75, 3.05) is 20.3 Å². The Labute approximate surface area is 116 Å². The number of ether oxygens (including phenoxy) is 2. The summed E-state index contributed by atoms with van der Waals surface area (Å²) in [5.41, 5.74) is 7.52. The van der Waals surface area contributed by atoms with Gasteiger partial charge in [0.05, 0.1) is 0 Å². The average Bonchev–Trinajstić information content (AvgIpc) is 2.49. The van der Waals surface area contributed by atoms with Gasteiger partial charge in [-0.15, -0.1) is 0 Å². The topological polar surface area (TPSA) is 44.5 Å². The van der Waals surface area contributed by atoms with E-state index >= 15 is 0 Å². The number of hydrogen-bond donors (Lipinski definition) is 1. The number of rotatable bonds is 5. The SMILES string of the molecule is CCOC1(OC)CCC(CN)(c2ccccc2)CC1. The zero-order valence-electron chi connectivity index (χ0n) is 12.0. The molecule has 0 atom stereocenters. The number of methoxy groups -OCH3 is 1. The van der Waals surface area contributed by atoms with E-state index in [4.69, 9.17) is 15.2 Å². The van der Waals surface area contributed by atoms with Crippen LogP contribution in [0.1, 0.15) is 38.2 Å². The van der Waals surface area contributed by atoms with Crippen LogP contribution >= 0.6 is 0 Å². The summed E-state index contributed by atoms with van der Waals surface area (Å²) < 4.78 is 11.5. The first-order chi connectivity index (χ1) is 9.20. The van der Waals surface area contributed by atoms with Crippen molar-refractivity contribution >= 4 is 0 Å². The number of nitrogens with two attached hydrogens (primary N) is 1. The molecule has 3 heteroatoms. The van der Waals surface area contributed by atoms with Crippen molar-refractivity contribution in [3.05, 3.63) is 35.9 Å². The molecule has 2 N–H and O–H groups in total. The Hall–Kier alpha value is -0.900. The maximum atomic E-state index is 6.09.